The monoisotopic (exact) mass is 239 g/mol. The summed E-state index contributed by atoms with van der Waals surface area (Å²) in [6.45, 7) is 4.62. The van der Waals surface area contributed by atoms with E-state index in [1.807, 2.05) is 13.8 Å². The van der Waals surface area contributed by atoms with Gasteiger partial charge >= 0.3 is 6.18 Å². The maximum Gasteiger partial charge on any atom is 0.404 e. The van der Waals surface area contributed by atoms with Gasteiger partial charge in [0.15, 0.2) is 0 Å². The first-order chi connectivity index (χ1) is 7.34. The average molecular weight is 239 g/mol. The Morgan fingerprint density at radius 3 is 2.44 bits per heavy atom. The third kappa shape index (κ3) is 3.63. The molecule has 1 aliphatic rings. The van der Waals surface area contributed by atoms with Crippen molar-refractivity contribution in [2.75, 3.05) is 19.7 Å². The smallest absolute Gasteiger partial charge is 0.396 e. The van der Waals surface area contributed by atoms with Gasteiger partial charge in [-0.1, -0.05) is 13.8 Å². The first-order valence-electron chi connectivity index (χ1n) is 5.76. The van der Waals surface area contributed by atoms with Crippen LogP contribution in [0.4, 0.5) is 13.2 Å². The molecule has 1 aliphatic heterocycles. The number of nitrogens with zero attached hydrogens (tertiary/aromatic N) is 1. The van der Waals surface area contributed by atoms with Gasteiger partial charge in [0.1, 0.15) is 6.04 Å². The third-order valence-electron chi connectivity index (χ3n) is 3.06. The highest BCUT2D eigenvalue weighted by molar-refractivity contribution is 4.86. The lowest BCUT2D eigenvalue weighted by Gasteiger charge is -2.40. The Bertz CT molecular complexity index is 218. The molecule has 0 aliphatic carbocycles. The Morgan fingerprint density at radius 2 is 2.00 bits per heavy atom. The topological polar surface area (TPSA) is 23.5 Å². The Hall–Kier alpha value is -0.290. The van der Waals surface area contributed by atoms with Gasteiger partial charge in [-0.15, -0.1) is 0 Å². The van der Waals surface area contributed by atoms with Crippen LogP contribution in [0.3, 0.4) is 0 Å². The Morgan fingerprint density at radius 1 is 1.38 bits per heavy atom. The minimum absolute atomic E-state index is 0.0344. The number of aliphatic hydroxyl groups is 1. The van der Waals surface area contributed by atoms with Crippen molar-refractivity contribution in [2.24, 2.45) is 11.8 Å². The van der Waals surface area contributed by atoms with Crippen molar-refractivity contribution in [3.05, 3.63) is 0 Å². The normalized spacial score (nSPS) is 28.7. The molecule has 5 heteroatoms. The van der Waals surface area contributed by atoms with Gasteiger partial charge in [0.25, 0.3) is 0 Å². The van der Waals surface area contributed by atoms with E-state index in [0.717, 1.165) is 0 Å². The molecule has 0 saturated carbocycles. The van der Waals surface area contributed by atoms with E-state index >= 15 is 0 Å². The minimum atomic E-state index is -4.18. The minimum Gasteiger partial charge on any atom is -0.396 e. The summed E-state index contributed by atoms with van der Waals surface area (Å²) in [6, 6.07) is -1.37. The molecule has 0 bridgehead atoms. The van der Waals surface area contributed by atoms with E-state index in [9.17, 15) is 13.2 Å². The van der Waals surface area contributed by atoms with Gasteiger partial charge in [-0.05, 0) is 31.2 Å². The highest BCUT2D eigenvalue weighted by Gasteiger charge is 2.46. The third-order valence-corrected chi connectivity index (χ3v) is 3.06. The number of hydrogen-bond donors (Lipinski definition) is 1. The van der Waals surface area contributed by atoms with Crippen molar-refractivity contribution < 1.29 is 18.3 Å². The molecule has 96 valence electrons. The van der Waals surface area contributed by atoms with E-state index in [-0.39, 0.29) is 24.9 Å². The fourth-order valence-electron chi connectivity index (χ4n) is 2.28. The molecule has 0 aromatic carbocycles. The molecular weight excluding hydrogens is 219 g/mol. The Kier molecular flexibility index (Phi) is 4.62. The van der Waals surface area contributed by atoms with Crippen LogP contribution >= 0.6 is 0 Å². The SMILES string of the molecule is CC(C)CN1CC[C@H](CO)C[C@@H]1C(F)(F)F. The molecule has 1 rings (SSSR count). The van der Waals surface area contributed by atoms with E-state index in [4.69, 9.17) is 5.11 Å². The lowest BCUT2D eigenvalue weighted by atomic mass is 9.90. The molecule has 0 unspecified atom stereocenters. The van der Waals surface area contributed by atoms with Crippen molar-refractivity contribution in [2.45, 2.75) is 38.9 Å². The van der Waals surface area contributed by atoms with Crippen molar-refractivity contribution in [3.8, 4) is 0 Å². The van der Waals surface area contributed by atoms with Gasteiger partial charge in [-0.2, -0.15) is 13.2 Å². The zero-order valence-corrected chi connectivity index (χ0v) is 9.80. The van der Waals surface area contributed by atoms with Crippen molar-refractivity contribution in [1.29, 1.82) is 0 Å². The quantitative estimate of drug-likeness (QED) is 0.816. The maximum atomic E-state index is 12.8. The molecule has 0 aromatic rings. The lowest BCUT2D eigenvalue weighted by Crippen LogP contribution is -2.52. The molecule has 0 radical (unpaired) electrons. The van der Waals surface area contributed by atoms with Gasteiger partial charge < -0.3 is 5.11 Å². The summed E-state index contributed by atoms with van der Waals surface area (Å²) in [6.07, 6.45) is -3.48. The van der Waals surface area contributed by atoms with Gasteiger partial charge in [-0.25, -0.2) is 0 Å². The van der Waals surface area contributed by atoms with Crippen LogP contribution in [0.1, 0.15) is 26.7 Å². The van der Waals surface area contributed by atoms with Crippen LogP contribution in [0.5, 0.6) is 0 Å². The summed E-state index contributed by atoms with van der Waals surface area (Å²) in [4.78, 5) is 1.51. The molecule has 1 fully saturated rings. The van der Waals surface area contributed by atoms with Crippen LogP contribution in [0.15, 0.2) is 0 Å². The Labute approximate surface area is 94.4 Å². The van der Waals surface area contributed by atoms with Crippen LogP contribution in [0, 0.1) is 11.8 Å². The first-order valence-corrected chi connectivity index (χ1v) is 5.76. The predicted molar refractivity (Wildman–Crippen MR) is 56.1 cm³/mol. The average Bonchev–Trinajstić information content (AvgIpc) is 2.15. The molecular formula is C11H20F3NO. The summed E-state index contributed by atoms with van der Waals surface area (Å²) in [5.41, 5.74) is 0. The van der Waals surface area contributed by atoms with Crippen LogP contribution in [0.2, 0.25) is 0 Å². The molecule has 0 amide bonds. The standard InChI is InChI=1S/C11H20F3NO/c1-8(2)6-15-4-3-9(7-16)5-10(15)11(12,13)14/h8-10,16H,3-7H2,1-2H3/t9-,10+/m0/s1. The fraction of sp³-hybridized carbons (Fsp3) is 1.00. The molecule has 0 spiro atoms. The van der Waals surface area contributed by atoms with Gasteiger partial charge in [0.05, 0.1) is 0 Å². The largest absolute Gasteiger partial charge is 0.404 e. The number of piperidine rings is 1. The second-order valence-corrected chi connectivity index (χ2v) is 5.02. The molecule has 1 N–H and O–H groups in total. The fourth-order valence-corrected chi connectivity index (χ4v) is 2.28. The second kappa shape index (κ2) is 5.36. The highest BCUT2D eigenvalue weighted by Crippen LogP contribution is 2.34. The van der Waals surface area contributed by atoms with E-state index in [2.05, 4.69) is 0 Å². The molecule has 2 atom stereocenters. The maximum absolute atomic E-state index is 12.8. The van der Waals surface area contributed by atoms with Gasteiger partial charge in [-0.3, -0.25) is 4.90 Å². The number of halogens is 3. The lowest BCUT2D eigenvalue weighted by molar-refractivity contribution is -0.198. The molecule has 0 aromatic heterocycles. The molecule has 16 heavy (non-hydrogen) atoms. The van der Waals surface area contributed by atoms with Crippen molar-refractivity contribution in [3.63, 3.8) is 0 Å². The number of alkyl halides is 3. The number of hydrogen-bond acceptors (Lipinski definition) is 2. The summed E-state index contributed by atoms with van der Waals surface area (Å²) in [7, 11) is 0. The highest BCUT2D eigenvalue weighted by atomic mass is 19.4. The summed E-state index contributed by atoms with van der Waals surface area (Å²) < 4.78 is 38.5. The zero-order valence-electron chi connectivity index (χ0n) is 9.80. The molecule has 1 saturated heterocycles. The van der Waals surface area contributed by atoms with E-state index in [0.29, 0.717) is 19.5 Å². The number of rotatable bonds is 3. The van der Waals surface area contributed by atoms with E-state index in [1.165, 1.54) is 4.90 Å². The summed E-state index contributed by atoms with van der Waals surface area (Å²) in [5, 5.41) is 8.96. The van der Waals surface area contributed by atoms with Crippen LogP contribution in [-0.2, 0) is 0 Å². The predicted octanol–water partition coefficient (Wildman–Crippen LogP) is 2.28. The van der Waals surface area contributed by atoms with Crippen LogP contribution < -0.4 is 0 Å². The van der Waals surface area contributed by atoms with Crippen LogP contribution in [-0.4, -0.2) is 41.9 Å². The van der Waals surface area contributed by atoms with Gasteiger partial charge in [0.2, 0.25) is 0 Å². The van der Waals surface area contributed by atoms with Crippen molar-refractivity contribution in [1.82, 2.24) is 4.90 Å². The summed E-state index contributed by atoms with van der Waals surface area (Å²) in [5.74, 6) is 0.0329. The summed E-state index contributed by atoms with van der Waals surface area (Å²) >= 11 is 0. The first kappa shape index (κ1) is 13.8. The van der Waals surface area contributed by atoms with Crippen LogP contribution in [0.25, 0.3) is 0 Å². The molecule has 2 nitrogen and oxygen atoms in total. The number of likely N-dealkylation sites (tertiary alicyclic amines) is 1. The second-order valence-electron chi connectivity index (χ2n) is 5.02. The molecule has 1 heterocycles. The van der Waals surface area contributed by atoms with E-state index in [1.54, 1.807) is 0 Å². The zero-order chi connectivity index (χ0) is 12.3. The van der Waals surface area contributed by atoms with Gasteiger partial charge in [0, 0.05) is 13.2 Å². The van der Waals surface area contributed by atoms with E-state index < -0.39 is 12.2 Å². The van der Waals surface area contributed by atoms with Crippen molar-refractivity contribution >= 4 is 0 Å². The Balaban J connectivity index is 2.68. The number of aliphatic hydroxyl groups excluding tert-OH is 1.